The van der Waals surface area contributed by atoms with Crippen LogP contribution in [-0.4, -0.2) is 52.9 Å². The molecule has 7 nitrogen and oxygen atoms in total. The first-order valence-electron chi connectivity index (χ1n) is 13.2. The SMILES string of the molecule is CC(=O)N1CCCN(Cc2ccccc2)CCN(C(=O)c2cc(-c3ccccc3Cl)on2)Cc2cc(Cl)ccc21. The van der Waals surface area contributed by atoms with Crippen molar-refractivity contribution in [2.24, 2.45) is 0 Å². The van der Waals surface area contributed by atoms with Gasteiger partial charge in [-0.05, 0) is 47.9 Å². The molecule has 9 heteroatoms. The van der Waals surface area contributed by atoms with Gasteiger partial charge in [0.15, 0.2) is 11.5 Å². The summed E-state index contributed by atoms with van der Waals surface area (Å²) in [4.78, 5) is 32.5. The molecule has 5 rings (SSSR count). The van der Waals surface area contributed by atoms with Crippen molar-refractivity contribution in [3.05, 3.63) is 106 Å². The molecule has 0 N–H and O–H groups in total. The minimum Gasteiger partial charge on any atom is -0.355 e. The molecule has 4 aromatic rings. The van der Waals surface area contributed by atoms with Crippen molar-refractivity contribution in [2.75, 3.05) is 31.1 Å². The number of hydrogen-bond acceptors (Lipinski definition) is 5. The van der Waals surface area contributed by atoms with Gasteiger partial charge in [0, 0.05) is 68.5 Å². The maximum atomic E-state index is 13.9. The molecule has 0 saturated heterocycles. The normalized spacial score (nSPS) is 14.9. The van der Waals surface area contributed by atoms with Crippen molar-refractivity contribution in [1.29, 1.82) is 0 Å². The molecule has 0 fully saturated rings. The maximum Gasteiger partial charge on any atom is 0.276 e. The van der Waals surface area contributed by atoms with Crippen LogP contribution in [0.3, 0.4) is 0 Å². The first-order valence-corrected chi connectivity index (χ1v) is 14.0. The molecule has 206 valence electrons. The smallest absolute Gasteiger partial charge is 0.276 e. The van der Waals surface area contributed by atoms with Crippen LogP contribution in [0.5, 0.6) is 0 Å². The molecule has 0 radical (unpaired) electrons. The second-order valence-electron chi connectivity index (χ2n) is 9.84. The number of anilines is 1. The Balaban J connectivity index is 1.48. The van der Waals surface area contributed by atoms with E-state index in [1.807, 2.05) is 48.5 Å². The van der Waals surface area contributed by atoms with E-state index in [2.05, 4.69) is 22.2 Å². The Kier molecular flexibility index (Phi) is 8.85. The molecule has 0 spiro atoms. The highest BCUT2D eigenvalue weighted by Crippen LogP contribution is 2.30. The Bertz CT molecular complexity index is 1490. The van der Waals surface area contributed by atoms with Crippen molar-refractivity contribution >= 4 is 40.7 Å². The van der Waals surface area contributed by atoms with Crippen molar-refractivity contribution in [1.82, 2.24) is 15.0 Å². The Hall–Kier alpha value is -3.65. The molecule has 2 heterocycles. The second kappa shape index (κ2) is 12.7. The molecule has 0 saturated carbocycles. The van der Waals surface area contributed by atoms with Crippen molar-refractivity contribution in [3.8, 4) is 11.3 Å². The Morgan fingerprint density at radius 1 is 0.900 bits per heavy atom. The Morgan fingerprint density at radius 3 is 2.45 bits per heavy atom. The van der Waals surface area contributed by atoms with Crippen LogP contribution in [0.25, 0.3) is 11.3 Å². The predicted molar refractivity (Wildman–Crippen MR) is 158 cm³/mol. The number of benzene rings is 3. The molecule has 40 heavy (non-hydrogen) atoms. The lowest BCUT2D eigenvalue weighted by atomic mass is 10.1. The second-order valence-corrected chi connectivity index (χ2v) is 10.7. The highest BCUT2D eigenvalue weighted by Gasteiger charge is 2.26. The zero-order chi connectivity index (χ0) is 28.1. The number of halogens is 2. The molecule has 0 aliphatic carbocycles. The first kappa shape index (κ1) is 27.9. The van der Waals surface area contributed by atoms with Gasteiger partial charge in [0.05, 0.1) is 5.02 Å². The monoisotopic (exact) mass is 576 g/mol. The molecule has 0 unspecified atom stereocenters. The lowest BCUT2D eigenvalue weighted by Crippen LogP contribution is -2.38. The standard InChI is InChI=1S/C31H30Cl2N4O3/c1-22(38)37-15-7-14-35(20-23-8-3-2-4-9-23)16-17-36(21-24-18-25(32)12-13-29(24)37)31(39)28-19-30(40-34-28)26-10-5-6-11-27(26)33/h2-6,8-13,18-19H,7,14-17,20-21H2,1H3. The number of hydrogen-bond donors (Lipinski definition) is 0. The van der Waals surface area contributed by atoms with Crippen LogP contribution in [0.2, 0.25) is 10.0 Å². The summed E-state index contributed by atoms with van der Waals surface area (Å²) in [6.07, 6.45) is 0.785. The van der Waals surface area contributed by atoms with Gasteiger partial charge < -0.3 is 14.3 Å². The summed E-state index contributed by atoms with van der Waals surface area (Å²) >= 11 is 12.7. The summed E-state index contributed by atoms with van der Waals surface area (Å²) in [5.41, 5.74) is 3.59. The van der Waals surface area contributed by atoms with Crippen LogP contribution in [0, 0.1) is 0 Å². The van der Waals surface area contributed by atoms with Gasteiger partial charge in [-0.3, -0.25) is 14.5 Å². The van der Waals surface area contributed by atoms with Crippen molar-refractivity contribution in [2.45, 2.75) is 26.4 Å². The molecular weight excluding hydrogens is 547 g/mol. The molecule has 1 aromatic heterocycles. The number of aromatic nitrogens is 1. The fourth-order valence-corrected chi connectivity index (χ4v) is 5.43. The molecule has 2 amide bonds. The fourth-order valence-electron chi connectivity index (χ4n) is 5.00. The number of rotatable bonds is 4. The minimum absolute atomic E-state index is 0.0591. The van der Waals surface area contributed by atoms with E-state index in [4.69, 9.17) is 27.7 Å². The van der Waals surface area contributed by atoms with E-state index < -0.39 is 0 Å². The molecular formula is C31H30Cl2N4O3. The fraction of sp³-hybridized carbons (Fsp3) is 0.258. The third-order valence-corrected chi connectivity index (χ3v) is 7.59. The minimum atomic E-state index is -0.277. The lowest BCUT2D eigenvalue weighted by Gasteiger charge is -2.27. The zero-order valence-electron chi connectivity index (χ0n) is 22.2. The van der Waals surface area contributed by atoms with Gasteiger partial charge in [-0.25, -0.2) is 0 Å². The molecule has 0 bridgehead atoms. The van der Waals surface area contributed by atoms with E-state index >= 15 is 0 Å². The summed E-state index contributed by atoms with van der Waals surface area (Å²) in [5, 5.41) is 5.15. The quantitative estimate of drug-likeness (QED) is 0.275. The van der Waals surface area contributed by atoms with E-state index in [9.17, 15) is 9.59 Å². The Morgan fingerprint density at radius 2 is 1.68 bits per heavy atom. The van der Waals surface area contributed by atoms with Crippen LogP contribution in [0.4, 0.5) is 5.69 Å². The van der Waals surface area contributed by atoms with Gasteiger partial charge in [-0.1, -0.05) is 70.8 Å². The summed E-state index contributed by atoms with van der Waals surface area (Å²) in [6, 6.07) is 24.6. The summed E-state index contributed by atoms with van der Waals surface area (Å²) < 4.78 is 5.53. The summed E-state index contributed by atoms with van der Waals surface area (Å²) in [6.45, 7) is 4.98. The van der Waals surface area contributed by atoms with Crippen LogP contribution in [-0.2, 0) is 17.9 Å². The van der Waals surface area contributed by atoms with Gasteiger partial charge in [-0.2, -0.15) is 0 Å². The van der Waals surface area contributed by atoms with E-state index in [0.717, 1.165) is 30.8 Å². The lowest BCUT2D eigenvalue weighted by molar-refractivity contribution is -0.116. The number of fused-ring (bicyclic) bond motifs is 1. The first-order chi connectivity index (χ1) is 19.4. The van der Waals surface area contributed by atoms with Gasteiger partial charge in [0.25, 0.3) is 5.91 Å². The number of carbonyl (C=O) groups excluding carboxylic acids is 2. The topological polar surface area (TPSA) is 69.9 Å². The maximum absolute atomic E-state index is 13.9. The Labute approximate surface area is 243 Å². The van der Waals surface area contributed by atoms with E-state index in [1.165, 1.54) is 5.56 Å². The van der Waals surface area contributed by atoms with Crippen molar-refractivity contribution < 1.29 is 14.1 Å². The van der Waals surface area contributed by atoms with Crippen LogP contribution >= 0.6 is 23.2 Å². The van der Waals surface area contributed by atoms with Crippen molar-refractivity contribution in [3.63, 3.8) is 0 Å². The molecule has 1 aliphatic heterocycles. The van der Waals surface area contributed by atoms with E-state index in [1.54, 1.807) is 34.9 Å². The van der Waals surface area contributed by atoms with Crippen LogP contribution in [0.1, 0.15) is 35.0 Å². The van der Waals surface area contributed by atoms with E-state index in [-0.39, 0.29) is 24.1 Å². The number of nitrogens with zero attached hydrogens (tertiary/aromatic N) is 4. The van der Waals surface area contributed by atoms with Crippen LogP contribution < -0.4 is 4.90 Å². The zero-order valence-corrected chi connectivity index (χ0v) is 23.7. The van der Waals surface area contributed by atoms with Crippen LogP contribution in [0.15, 0.2) is 83.4 Å². The predicted octanol–water partition coefficient (Wildman–Crippen LogP) is 6.55. The third kappa shape index (κ3) is 6.55. The number of carbonyl (C=O) groups is 2. The highest BCUT2D eigenvalue weighted by molar-refractivity contribution is 6.33. The molecule has 0 atom stereocenters. The number of amides is 2. The van der Waals surface area contributed by atoms with Gasteiger partial charge in [0.2, 0.25) is 5.91 Å². The molecule has 3 aromatic carbocycles. The van der Waals surface area contributed by atoms with E-state index in [0.29, 0.717) is 41.0 Å². The third-order valence-electron chi connectivity index (χ3n) is 7.02. The molecule has 1 aliphatic rings. The van der Waals surface area contributed by atoms with Gasteiger partial charge in [-0.15, -0.1) is 0 Å². The summed E-state index contributed by atoms with van der Waals surface area (Å²) in [5.74, 6) is 0.0844. The average molecular weight is 578 g/mol. The van der Waals surface area contributed by atoms with Gasteiger partial charge >= 0.3 is 0 Å². The largest absolute Gasteiger partial charge is 0.355 e. The average Bonchev–Trinajstić information content (AvgIpc) is 3.43. The van der Waals surface area contributed by atoms with Gasteiger partial charge in [0.1, 0.15) is 0 Å². The highest BCUT2D eigenvalue weighted by atomic mass is 35.5. The summed E-state index contributed by atoms with van der Waals surface area (Å²) in [7, 11) is 0.